The van der Waals surface area contributed by atoms with Crippen molar-refractivity contribution in [3.8, 4) is 11.5 Å². The van der Waals surface area contributed by atoms with E-state index >= 15 is 0 Å². The number of hydrogen-bond acceptors (Lipinski definition) is 6. The van der Waals surface area contributed by atoms with Crippen LogP contribution in [-0.2, 0) is 22.6 Å². The third-order valence-corrected chi connectivity index (χ3v) is 5.86. The van der Waals surface area contributed by atoms with Gasteiger partial charge in [-0.15, -0.1) is 0 Å². The molecule has 2 aromatic rings. The minimum atomic E-state index is -1.37. The van der Waals surface area contributed by atoms with Crippen LogP contribution in [0.1, 0.15) is 56.3 Å². The highest BCUT2D eigenvalue weighted by Crippen LogP contribution is 2.37. The van der Waals surface area contributed by atoms with Crippen LogP contribution in [0.25, 0.3) is 0 Å². The van der Waals surface area contributed by atoms with Crippen molar-refractivity contribution in [1.82, 2.24) is 9.88 Å². The lowest BCUT2D eigenvalue weighted by Crippen LogP contribution is -2.49. The number of fused-ring (bicyclic) bond motifs is 1. The maximum Gasteiger partial charge on any atom is 0.411 e. The highest BCUT2D eigenvalue weighted by molar-refractivity contribution is 5.85. The quantitative estimate of drug-likeness (QED) is 0.678. The van der Waals surface area contributed by atoms with Crippen molar-refractivity contribution in [1.29, 1.82) is 0 Å². The number of pyridine rings is 1. The number of methoxy groups -OCH3 is 1. The van der Waals surface area contributed by atoms with Crippen molar-refractivity contribution < 1.29 is 23.8 Å². The second-order valence-corrected chi connectivity index (χ2v) is 9.13. The van der Waals surface area contributed by atoms with Crippen LogP contribution in [0.2, 0.25) is 0 Å². The first-order valence-corrected chi connectivity index (χ1v) is 11.1. The van der Waals surface area contributed by atoms with E-state index < -0.39 is 17.6 Å². The average molecular weight is 456 g/mol. The van der Waals surface area contributed by atoms with Crippen molar-refractivity contribution in [2.45, 2.75) is 59.3 Å². The van der Waals surface area contributed by atoms with E-state index in [1.54, 1.807) is 12.0 Å². The minimum absolute atomic E-state index is 0.140. The van der Waals surface area contributed by atoms with Crippen LogP contribution in [0.3, 0.4) is 0 Å². The van der Waals surface area contributed by atoms with Gasteiger partial charge in [0.15, 0.2) is 5.60 Å². The number of rotatable bonds is 7. The van der Waals surface area contributed by atoms with E-state index in [0.717, 1.165) is 28.3 Å². The molecule has 0 radical (unpaired) electrons. The highest BCUT2D eigenvalue weighted by Gasteiger charge is 2.38. The molecule has 0 bridgehead atoms. The third kappa shape index (κ3) is 5.38. The monoisotopic (exact) mass is 455 g/mol. The number of aromatic nitrogens is 1. The number of nitrogens with zero attached hydrogens (tertiary/aromatic N) is 2. The summed E-state index contributed by atoms with van der Waals surface area (Å²) in [4.78, 5) is 30.7. The SMILES string of the molecule is COc1ccc(C)nc1COc1ccc2c(c1)CCN(C(=O)OC(C)(C)C(N)=O)[C@H]2C(C)C. The molecule has 33 heavy (non-hydrogen) atoms. The van der Waals surface area contributed by atoms with Crippen LogP contribution < -0.4 is 15.2 Å². The fourth-order valence-corrected chi connectivity index (χ4v) is 4.01. The predicted octanol–water partition coefficient (Wildman–Crippen LogP) is 3.93. The zero-order valence-electron chi connectivity index (χ0n) is 20.2. The number of nitrogens with two attached hydrogens (primary N) is 1. The molecule has 0 unspecified atom stereocenters. The summed E-state index contributed by atoms with van der Waals surface area (Å²) >= 11 is 0. The summed E-state index contributed by atoms with van der Waals surface area (Å²) < 4.78 is 16.8. The predicted molar refractivity (Wildman–Crippen MR) is 124 cm³/mol. The summed E-state index contributed by atoms with van der Waals surface area (Å²) in [6, 6.07) is 9.51. The molecule has 8 heteroatoms. The van der Waals surface area contributed by atoms with Gasteiger partial charge in [-0.05, 0) is 68.5 Å². The third-order valence-electron chi connectivity index (χ3n) is 5.86. The Labute approximate surface area is 195 Å². The molecule has 0 spiro atoms. The first-order valence-electron chi connectivity index (χ1n) is 11.1. The molecule has 1 atom stereocenters. The number of hydrogen-bond donors (Lipinski definition) is 1. The zero-order valence-corrected chi connectivity index (χ0v) is 20.2. The molecule has 8 nitrogen and oxygen atoms in total. The number of carbonyl (C=O) groups excluding carboxylic acids is 2. The van der Waals surface area contributed by atoms with Crippen LogP contribution in [-0.4, -0.2) is 41.1 Å². The number of amides is 2. The van der Waals surface area contributed by atoms with E-state index in [2.05, 4.69) is 18.8 Å². The summed E-state index contributed by atoms with van der Waals surface area (Å²) in [6.45, 7) is 9.79. The topological polar surface area (TPSA) is 104 Å². The second kappa shape index (κ2) is 9.68. The zero-order chi connectivity index (χ0) is 24.3. The Hall–Kier alpha value is -3.29. The van der Waals surface area contributed by atoms with Gasteiger partial charge in [0.05, 0.1) is 13.2 Å². The Bertz CT molecular complexity index is 1030. The molecule has 2 heterocycles. The molecule has 1 aromatic heterocycles. The van der Waals surface area contributed by atoms with Gasteiger partial charge in [0, 0.05) is 12.2 Å². The van der Waals surface area contributed by atoms with Crippen molar-refractivity contribution in [2.75, 3.05) is 13.7 Å². The fourth-order valence-electron chi connectivity index (χ4n) is 4.01. The molecule has 1 aromatic carbocycles. The van der Waals surface area contributed by atoms with Gasteiger partial charge in [-0.3, -0.25) is 9.78 Å². The molecule has 178 valence electrons. The number of benzene rings is 1. The van der Waals surface area contributed by atoms with E-state index in [4.69, 9.17) is 19.9 Å². The van der Waals surface area contributed by atoms with E-state index in [-0.39, 0.29) is 18.6 Å². The summed E-state index contributed by atoms with van der Waals surface area (Å²) in [7, 11) is 1.61. The van der Waals surface area contributed by atoms with E-state index in [1.165, 1.54) is 13.8 Å². The number of aryl methyl sites for hydroxylation is 1. The van der Waals surface area contributed by atoms with Crippen LogP contribution in [0.15, 0.2) is 30.3 Å². The molecule has 0 aliphatic carbocycles. The molecule has 1 aliphatic rings. The standard InChI is InChI=1S/C25H33N3O5/c1-15(2)22-19-9-8-18(32-14-20-21(31-6)10-7-16(3)27-20)13-17(19)11-12-28(22)24(30)33-25(4,5)23(26)29/h7-10,13,15,22H,11-12,14H2,1-6H3,(H2,26,29)/t22-/m0/s1. The smallest absolute Gasteiger partial charge is 0.411 e. The van der Waals surface area contributed by atoms with Crippen molar-refractivity contribution in [3.63, 3.8) is 0 Å². The fraction of sp³-hybridized carbons (Fsp3) is 0.480. The van der Waals surface area contributed by atoms with E-state index in [0.29, 0.717) is 18.7 Å². The van der Waals surface area contributed by atoms with Gasteiger partial charge in [0.1, 0.15) is 23.8 Å². The Morgan fingerprint density at radius 3 is 2.61 bits per heavy atom. The van der Waals surface area contributed by atoms with Gasteiger partial charge in [-0.1, -0.05) is 19.9 Å². The Morgan fingerprint density at radius 1 is 1.24 bits per heavy atom. The normalized spacial score (nSPS) is 15.7. The molecule has 1 aliphatic heterocycles. The highest BCUT2D eigenvalue weighted by atomic mass is 16.6. The summed E-state index contributed by atoms with van der Waals surface area (Å²) in [5, 5.41) is 0. The Balaban J connectivity index is 1.79. The van der Waals surface area contributed by atoms with Gasteiger partial charge >= 0.3 is 6.09 Å². The Morgan fingerprint density at radius 2 is 1.97 bits per heavy atom. The van der Waals surface area contributed by atoms with Crippen LogP contribution in [0.5, 0.6) is 11.5 Å². The molecule has 3 rings (SSSR count). The van der Waals surface area contributed by atoms with Gasteiger partial charge in [0.2, 0.25) is 0 Å². The molecule has 0 saturated carbocycles. The summed E-state index contributed by atoms with van der Waals surface area (Å²) in [5.74, 6) is 0.871. The second-order valence-electron chi connectivity index (χ2n) is 9.13. The number of primary amides is 1. The van der Waals surface area contributed by atoms with Crippen molar-refractivity contribution in [2.24, 2.45) is 11.7 Å². The maximum atomic E-state index is 12.9. The minimum Gasteiger partial charge on any atom is -0.495 e. The van der Waals surface area contributed by atoms with Gasteiger partial charge < -0.3 is 24.8 Å². The van der Waals surface area contributed by atoms with Crippen molar-refractivity contribution in [3.05, 3.63) is 52.8 Å². The number of carbonyl (C=O) groups is 2. The van der Waals surface area contributed by atoms with E-state index in [9.17, 15) is 9.59 Å². The van der Waals surface area contributed by atoms with Gasteiger partial charge in [-0.25, -0.2) is 4.79 Å². The maximum absolute atomic E-state index is 12.9. The summed E-state index contributed by atoms with van der Waals surface area (Å²) in [5.41, 5.74) is 7.79. The van der Waals surface area contributed by atoms with Crippen LogP contribution in [0, 0.1) is 12.8 Å². The first kappa shape index (κ1) is 24.4. The lowest BCUT2D eigenvalue weighted by molar-refractivity contribution is -0.134. The number of ether oxygens (including phenoxy) is 3. The van der Waals surface area contributed by atoms with Crippen LogP contribution >= 0.6 is 0 Å². The Kier molecular flexibility index (Phi) is 7.15. The lowest BCUT2D eigenvalue weighted by Gasteiger charge is -2.40. The molecular formula is C25H33N3O5. The summed E-state index contributed by atoms with van der Waals surface area (Å²) in [6.07, 6.45) is 0.106. The molecule has 0 saturated heterocycles. The largest absolute Gasteiger partial charge is 0.495 e. The van der Waals surface area contributed by atoms with Crippen LogP contribution in [0.4, 0.5) is 4.79 Å². The molecule has 2 amide bonds. The molecular weight excluding hydrogens is 422 g/mol. The van der Waals surface area contributed by atoms with Gasteiger partial charge in [0.25, 0.3) is 5.91 Å². The molecule has 0 fully saturated rings. The van der Waals surface area contributed by atoms with Gasteiger partial charge in [-0.2, -0.15) is 0 Å². The first-order chi connectivity index (χ1) is 15.5. The van der Waals surface area contributed by atoms with E-state index in [1.807, 2.05) is 37.3 Å². The lowest BCUT2D eigenvalue weighted by atomic mass is 9.86. The molecule has 2 N–H and O–H groups in total. The average Bonchev–Trinajstić information content (AvgIpc) is 2.76. The van der Waals surface area contributed by atoms with Crippen molar-refractivity contribution >= 4 is 12.0 Å².